The third kappa shape index (κ3) is 8.97. The van der Waals surface area contributed by atoms with Crippen molar-refractivity contribution in [2.45, 2.75) is 52.2 Å². The van der Waals surface area contributed by atoms with Gasteiger partial charge in [-0.25, -0.2) is 8.42 Å². The van der Waals surface area contributed by atoms with Crippen LogP contribution in [-0.4, -0.2) is 63.7 Å². The van der Waals surface area contributed by atoms with Crippen molar-refractivity contribution in [2.24, 2.45) is 0 Å². The minimum absolute atomic E-state index is 0.109. The first-order valence-corrected chi connectivity index (χ1v) is 15.5. The van der Waals surface area contributed by atoms with E-state index in [9.17, 15) is 18.0 Å². The van der Waals surface area contributed by atoms with E-state index in [1.54, 1.807) is 12.1 Å². The van der Waals surface area contributed by atoms with Crippen molar-refractivity contribution >= 4 is 27.5 Å². The number of aryl methyl sites for hydroxylation is 1. The molecule has 42 heavy (non-hydrogen) atoms. The molecular formula is C32H41N3O6S. The van der Waals surface area contributed by atoms with Crippen LogP contribution in [0.25, 0.3) is 0 Å². The molecule has 1 N–H and O–H groups in total. The molecule has 0 fully saturated rings. The van der Waals surface area contributed by atoms with Gasteiger partial charge in [0.05, 0.1) is 26.2 Å². The van der Waals surface area contributed by atoms with Gasteiger partial charge >= 0.3 is 0 Å². The van der Waals surface area contributed by atoms with Crippen molar-refractivity contribution in [3.05, 3.63) is 89.5 Å². The lowest BCUT2D eigenvalue weighted by molar-refractivity contribution is -0.140. The minimum atomic E-state index is -3.91. The van der Waals surface area contributed by atoms with Crippen molar-refractivity contribution in [3.8, 4) is 11.5 Å². The molecule has 226 valence electrons. The molecule has 0 aliphatic heterocycles. The van der Waals surface area contributed by atoms with E-state index in [4.69, 9.17) is 9.47 Å². The molecule has 3 aromatic rings. The van der Waals surface area contributed by atoms with Gasteiger partial charge in [-0.2, -0.15) is 0 Å². The van der Waals surface area contributed by atoms with Crippen LogP contribution in [-0.2, 0) is 32.6 Å². The Morgan fingerprint density at radius 2 is 1.50 bits per heavy atom. The monoisotopic (exact) mass is 595 g/mol. The molecule has 3 rings (SSSR count). The fourth-order valence-electron chi connectivity index (χ4n) is 4.49. The van der Waals surface area contributed by atoms with Crippen molar-refractivity contribution in [2.75, 3.05) is 31.3 Å². The van der Waals surface area contributed by atoms with Gasteiger partial charge in [0.15, 0.2) is 11.5 Å². The number of nitrogens with zero attached hydrogens (tertiary/aromatic N) is 2. The lowest BCUT2D eigenvalue weighted by Gasteiger charge is -2.35. The van der Waals surface area contributed by atoms with Crippen LogP contribution in [0.5, 0.6) is 11.5 Å². The Hall–Kier alpha value is -4.05. The van der Waals surface area contributed by atoms with E-state index in [1.807, 2.05) is 82.3 Å². The first kappa shape index (κ1) is 32.5. The summed E-state index contributed by atoms with van der Waals surface area (Å²) in [6, 6.07) is 20.8. The second-order valence-corrected chi connectivity index (χ2v) is 13.2. The molecule has 0 unspecified atom stereocenters. The summed E-state index contributed by atoms with van der Waals surface area (Å²) < 4.78 is 37.7. The van der Waals surface area contributed by atoms with E-state index < -0.39 is 34.1 Å². The van der Waals surface area contributed by atoms with Crippen molar-refractivity contribution in [1.29, 1.82) is 0 Å². The number of sulfonamides is 1. The first-order chi connectivity index (χ1) is 19.7. The van der Waals surface area contributed by atoms with Crippen LogP contribution < -0.4 is 19.1 Å². The molecule has 0 heterocycles. The minimum Gasteiger partial charge on any atom is -0.493 e. The Morgan fingerprint density at radius 3 is 2.05 bits per heavy atom. The van der Waals surface area contributed by atoms with Crippen LogP contribution in [0, 0.1) is 6.92 Å². The lowest BCUT2D eigenvalue weighted by atomic mass is 10.0. The van der Waals surface area contributed by atoms with E-state index in [0.717, 1.165) is 27.3 Å². The van der Waals surface area contributed by atoms with Gasteiger partial charge in [0.25, 0.3) is 0 Å². The summed E-state index contributed by atoms with van der Waals surface area (Å²) in [5.41, 5.74) is 2.42. The van der Waals surface area contributed by atoms with Gasteiger partial charge < -0.3 is 19.7 Å². The summed E-state index contributed by atoms with van der Waals surface area (Å²) in [5.74, 6) is -0.118. The predicted molar refractivity (Wildman–Crippen MR) is 165 cm³/mol. The zero-order valence-electron chi connectivity index (χ0n) is 25.4. The summed E-state index contributed by atoms with van der Waals surface area (Å²) in [7, 11) is -0.987. The molecule has 2 amide bonds. The average Bonchev–Trinajstić information content (AvgIpc) is 2.93. The van der Waals surface area contributed by atoms with Crippen LogP contribution in [0.1, 0.15) is 37.5 Å². The molecule has 0 saturated heterocycles. The molecule has 0 aromatic heterocycles. The maximum atomic E-state index is 14.2. The Labute approximate surface area is 249 Å². The molecule has 0 radical (unpaired) electrons. The molecule has 0 bridgehead atoms. The summed E-state index contributed by atoms with van der Waals surface area (Å²) in [4.78, 5) is 29.5. The smallest absolute Gasteiger partial charge is 0.244 e. The van der Waals surface area contributed by atoms with Crippen molar-refractivity contribution < 1.29 is 27.5 Å². The van der Waals surface area contributed by atoms with Gasteiger partial charge in [0.1, 0.15) is 12.6 Å². The Bertz CT molecular complexity index is 1470. The lowest BCUT2D eigenvalue weighted by Crippen LogP contribution is -2.56. The van der Waals surface area contributed by atoms with Crippen molar-refractivity contribution in [1.82, 2.24) is 10.2 Å². The van der Waals surface area contributed by atoms with Gasteiger partial charge in [0, 0.05) is 24.6 Å². The standard InChI is InChI=1S/C32H41N3O6S/c1-23-13-15-25(16-14-23)21-34(27(31(37)33-32(2,3)4)19-24-11-9-8-10-12-24)30(36)22-35(42(7,38)39)26-17-18-28(40-5)29(20-26)41-6/h8-18,20,27H,19,21-22H2,1-7H3,(H,33,37)/t27-/m1/s1. The normalized spacial score (nSPS) is 12.3. The van der Waals surface area contributed by atoms with E-state index >= 15 is 0 Å². The van der Waals surface area contributed by atoms with Gasteiger partial charge in [-0.1, -0.05) is 60.2 Å². The van der Waals surface area contributed by atoms with Crippen LogP contribution in [0.4, 0.5) is 5.69 Å². The fraction of sp³-hybridized carbons (Fsp3) is 0.375. The summed E-state index contributed by atoms with van der Waals surface area (Å²) in [6.07, 6.45) is 1.28. The Morgan fingerprint density at radius 1 is 0.881 bits per heavy atom. The molecular weight excluding hydrogens is 554 g/mol. The number of benzene rings is 3. The van der Waals surface area contributed by atoms with Crippen LogP contribution >= 0.6 is 0 Å². The zero-order valence-corrected chi connectivity index (χ0v) is 26.2. The van der Waals surface area contributed by atoms with Gasteiger partial charge in [0.2, 0.25) is 21.8 Å². The molecule has 0 aliphatic rings. The number of carbonyl (C=O) groups is 2. The highest BCUT2D eigenvalue weighted by Crippen LogP contribution is 2.32. The highest BCUT2D eigenvalue weighted by Gasteiger charge is 2.34. The number of rotatable bonds is 12. The molecule has 1 atom stereocenters. The van der Waals surface area contributed by atoms with Gasteiger partial charge in [-0.05, 0) is 51.0 Å². The highest BCUT2D eigenvalue weighted by atomic mass is 32.2. The van der Waals surface area contributed by atoms with E-state index in [1.165, 1.54) is 25.2 Å². The van der Waals surface area contributed by atoms with Crippen molar-refractivity contribution in [3.63, 3.8) is 0 Å². The SMILES string of the molecule is COc1ccc(N(CC(=O)N(Cc2ccc(C)cc2)[C@H](Cc2ccccc2)C(=O)NC(C)(C)C)S(C)(=O)=O)cc1OC. The summed E-state index contributed by atoms with van der Waals surface area (Å²) in [5, 5.41) is 3.02. The zero-order chi connectivity index (χ0) is 31.1. The summed E-state index contributed by atoms with van der Waals surface area (Å²) >= 11 is 0. The maximum absolute atomic E-state index is 14.2. The first-order valence-electron chi connectivity index (χ1n) is 13.6. The number of amides is 2. The Kier molecular flexibility index (Phi) is 10.6. The molecule has 0 spiro atoms. The molecule has 3 aromatic carbocycles. The van der Waals surface area contributed by atoms with E-state index in [0.29, 0.717) is 11.5 Å². The highest BCUT2D eigenvalue weighted by molar-refractivity contribution is 7.92. The Balaban J connectivity index is 2.09. The fourth-order valence-corrected chi connectivity index (χ4v) is 5.33. The average molecular weight is 596 g/mol. The third-order valence-electron chi connectivity index (χ3n) is 6.58. The predicted octanol–water partition coefficient (Wildman–Crippen LogP) is 4.33. The van der Waals surface area contributed by atoms with Gasteiger partial charge in [-0.3, -0.25) is 13.9 Å². The number of anilines is 1. The van der Waals surface area contributed by atoms with Crippen LogP contribution in [0.3, 0.4) is 0 Å². The third-order valence-corrected chi connectivity index (χ3v) is 7.72. The number of nitrogens with one attached hydrogen (secondary N) is 1. The largest absolute Gasteiger partial charge is 0.493 e. The van der Waals surface area contributed by atoms with Crippen LogP contribution in [0.2, 0.25) is 0 Å². The second-order valence-electron chi connectivity index (χ2n) is 11.3. The number of hydrogen-bond acceptors (Lipinski definition) is 6. The summed E-state index contributed by atoms with van der Waals surface area (Å²) in [6.45, 7) is 7.18. The number of carbonyl (C=O) groups excluding carboxylic acids is 2. The molecule has 0 saturated carbocycles. The second kappa shape index (κ2) is 13.7. The molecule has 9 nitrogen and oxygen atoms in total. The number of ether oxygens (including phenoxy) is 2. The number of methoxy groups -OCH3 is 2. The molecule has 10 heteroatoms. The van der Waals surface area contributed by atoms with E-state index in [2.05, 4.69) is 5.32 Å². The van der Waals surface area contributed by atoms with Gasteiger partial charge in [-0.15, -0.1) is 0 Å². The topological polar surface area (TPSA) is 105 Å². The number of hydrogen-bond donors (Lipinski definition) is 1. The maximum Gasteiger partial charge on any atom is 0.244 e. The van der Waals surface area contributed by atoms with E-state index in [-0.39, 0.29) is 24.6 Å². The quantitative estimate of drug-likeness (QED) is 0.334. The molecule has 0 aliphatic carbocycles. The van der Waals surface area contributed by atoms with Crippen LogP contribution in [0.15, 0.2) is 72.8 Å².